The van der Waals surface area contributed by atoms with Gasteiger partial charge in [0.1, 0.15) is 0 Å². The van der Waals surface area contributed by atoms with Crippen molar-refractivity contribution >= 4 is 0 Å². The third kappa shape index (κ3) is 4.59. The molecule has 1 aliphatic carbocycles. The van der Waals surface area contributed by atoms with Crippen molar-refractivity contribution in [3.8, 4) is 0 Å². The third-order valence-corrected chi connectivity index (χ3v) is 4.53. The SMILES string of the molecule is CCCC1CN(CCC2CCCC2)CCCN1. The van der Waals surface area contributed by atoms with E-state index >= 15 is 0 Å². The molecule has 100 valence electrons. The highest BCUT2D eigenvalue weighted by Crippen LogP contribution is 2.27. The van der Waals surface area contributed by atoms with Gasteiger partial charge in [-0.3, -0.25) is 0 Å². The van der Waals surface area contributed by atoms with E-state index in [0.29, 0.717) is 0 Å². The van der Waals surface area contributed by atoms with E-state index < -0.39 is 0 Å². The summed E-state index contributed by atoms with van der Waals surface area (Å²) in [5.41, 5.74) is 0. The van der Waals surface area contributed by atoms with Gasteiger partial charge in [0.05, 0.1) is 0 Å². The Bertz CT molecular complexity index is 199. The van der Waals surface area contributed by atoms with E-state index in [2.05, 4.69) is 17.1 Å². The number of rotatable bonds is 5. The van der Waals surface area contributed by atoms with Crippen molar-refractivity contribution in [3.63, 3.8) is 0 Å². The van der Waals surface area contributed by atoms with E-state index in [1.807, 2.05) is 0 Å². The van der Waals surface area contributed by atoms with E-state index in [1.54, 1.807) is 0 Å². The van der Waals surface area contributed by atoms with Gasteiger partial charge in [-0.2, -0.15) is 0 Å². The second kappa shape index (κ2) is 7.38. The molecule has 1 saturated heterocycles. The third-order valence-electron chi connectivity index (χ3n) is 4.53. The van der Waals surface area contributed by atoms with Crippen LogP contribution in [0.3, 0.4) is 0 Å². The fourth-order valence-corrected chi connectivity index (χ4v) is 3.49. The highest BCUT2D eigenvalue weighted by Gasteiger charge is 2.19. The Morgan fingerprint density at radius 2 is 1.94 bits per heavy atom. The molecule has 0 spiro atoms. The molecule has 0 amide bonds. The van der Waals surface area contributed by atoms with Crippen molar-refractivity contribution in [3.05, 3.63) is 0 Å². The van der Waals surface area contributed by atoms with Crippen molar-refractivity contribution < 1.29 is 0 Å². The van der Waals surface area contributed by atoms with Gasteiger partial charge in [0, 0.05) is 12.6 Å². The van der Waals surface area contributed by atoms with Crippen LogP contribution in [0.5, 0.6) is 0 Å². The first-order valence-corrected chi connectivity index (χ1v) is 7.84. The van der Waals surface area contributed by atoms with Crippen molar-refractivity contribution in [2.75, 3.05) is 26.2 Å². The first kappa shape index (κ1) is 13.4. The predicted molar refractivity (Wildman–Crippen MR) is 74.3 cm³/mol. The Morgan fingerprint density at radius 1 is 1.12 bits per heavy atom. The van der Waals surface area contributed by atoms with Crippen molar-refractivity contribution in [2.24, 2.45) is 5.92 Å². The molecular formula is C15H30N2. The largest absolute Gasteiger partial charge is 0.313 e. The van der Waals surface area contributed by atoms with Gasteiger partial charge in [-0.1, -0.05) is 39.0 Å². The van der Waals surface area contributed by atoms with Crippen LogP contribution in [-0.4, -0.2) is 37.1 Å². The lowest BCUT2D eigenvalue weighted by Crippen LogP contribution is -2.38. The van der Waals surface area contributed by atoms with Crippen LogP contribution in [-0.2, 0) is 0 Å². The lowest BCUT2D eigenvalue weighted by Gasteiger charge is -2.25. The normalized spacial score (nSPS) is 28.4. The van der Waals surface area contributed by atoms with Gasteiger partial charge >= 0.3 is 0 Å². The molecule has 2 nitrogen and oxygen atoms in total. The van der Waals surface area contributed by atoms with Crippen LogP contribution < -0.4 is 5.32 Å². The van der Waals surface area contributed by atoms with E-state index in [4.69, 9.17) is 0 Å². The maximum atomic E-state index is 3.70. The summed E-state index contributed by atoms with van der Waals surface area (Å²) in [5.74, 6) is 1.05. The van der Waals surface area contributed by atoms with E-state index in [0.717, 1.165) is 12.0 Å². The summed E-state index contributed by atoms with van der Waals surface area (Å²) in [4.78, 5) is 2.72. The molecule has 1 N–H and O–H groups in total. The molecule has 1 heterocycles. The summed E-state index contributed by atoms with van der Waals surface area (Å²) in [6, 6.07) is 0.756. The van der Waals surface area contributed by atoms with Crippen LogP contribution in [0.15, 0.2) is 0 Å². The molecule has 0 bridgehead atoms. The highest BCUT2D eigenvalue weighted by molar-refractivity contribution is 4.77. The molecule has 17 heavy (non-hydrogen) atoms. The predicted octanol–water partition coefficient (Wildman–Crippen LogP) is 3.03. The molecule has 2 aliphatic rings. The molecular weight excluding hydrogens is 208 g/mol. The minimum Gasteiger partial charge on any atom is -0.313 e. The molecule has 1 saturated carbocycles. The number of nitrogens with zero attached hydrogens (tertiary/aromatic N) is 1. The van der Waals surface area contributed by atoms with Gasteiger partial charge in [-0.25, -0.2) is 0 Å². The van der Waals surface area contributed by atoms with Gasteiger partial charge < -0.3 is 10.2 Å². The van der Waals surface area contributed by atoms with Crippen LogP contribution in [0.1, 0.15) is 58.3 Å². The molecule has 1 atom stereocenters. The maximum Gasteiger partial charge on any atom is 0.0194 e. The van der Waals surface area contributed by atoms with Crippen LogP contribution >= 0.6 is 0 Å². The second-order valence-corrected chi connectivity index (χ2v) is 6.03. The summed E-state index contributed by atoms with van der Waals surface area (Å²) in [5, 5.41) is 3.70. The van der Waals surface area contributed by atoms with Gasteiger partial charge in [0.15, 0.2) is 0 Å². The zero-order valence-corrected chi connectivity index (χ0v) is 11.6. The van der Waals surface area contributed by atoms with Gasteiger partial charge in [-0.05, 0) is 44.8 Å². The average Bonchev–Trinajstić information content (AvgIpc) is 2.75. The molecule has 0 radical (unpaired) electrons. The van der Waals surface area contributed by atoms with Crippen molar-refractivity contribution in [1.82, 2.24) is 10.2 Å². The topological polar surface area (TPSA) is 15.3 Å². The summed E-state index contributed by atoms with van der Waals surface area (Å²) in [6.45, 7) is 7.49. The zero-order chi connectivity index (χ0) is 11.9. The molecule has 2 fully saturated rings. The smallest absolute Gasteiger partial charge is 0.0194 e. The first-order valence-electron chi connectivity index (χ1n) is 7.84. The number of nitrogens with one attached hydrogen (secondary N) is 1. The average molecular weight is 238 g/mol. The van der Waals surface area contributed by atoms with E-state index in [1.165, 1.54) is 77.5 Å². The van der Waals surface area contributed by atoms with Crippen molar-refractivity contribution in [1.29, 1.82) is 0 Å². The minimum absolute atomic E-state index is 0.756. The fraction of sp³-hybridized carbons (Fsp3) is 1.00. The van der Waals surface area contributed by atoms with Crippen molar-refractivity contribution in [2.45, 2.75) is 64.3 Å². The standard InChI is InChI=1S/C15H30N2/c1-2-6-15-13-17(11-5-10-16-15)12-9-14-7-3-4-8-14/h14-16H,2-13H2,1H3. The molecule has 1 aliphatic heterocycles. The highest BCUT2D eigenvalue weighted by atomic mass is 15.2. The number of hydrogen-bond acceptors (Lipinski definition) is 2. The van der Waals surface area contributed by atoms with Crippen LogP contribution in [0, 0.1) is 5.92 Å². The van der Waals surface area contributed by atoms with Crippen LogP contribution in [0.4, 0.5) is 0 Å². The monoisotopic (exact) mass is 238 g/mol. The summed E-state index contributed by atoms with van der Waals surface area (Å²) in [7, 11) is 0. The Kier molecular flexibility index (Phi) is 5.79. The minimum atomic E-state index is 0.756. The lowest BCUT2D eigenvalue weighted by molar-refractivity contribution is 0.243. The van der Waals surface area contributed by atoms with Crippen LogP contribution in [0.2, 0.25) is 0 Å². The Labute approximate surface area is 107 Å². The molecule has 0 aromatic rings. The zero-order valence-electron chi connectivity index (χ0n) is 11.6. The van der Waals surface area contributed by atoms with Gasteiger partial charge in [0.2, 0.25) is 0 Å². The van der Waals surface area contributed by atoms with Gasteiger partial charge in [-0.15, -0.1) is 0 Å². The molecule has 1 unspecified atom stereocenters. The molecule has 0 aromatic heterocycles. The Balaban J connectivity index is 1.70. The Hall–Kier alpha value is -0.0800. The molecule has 2 heteroatoms. The van der Waals surface area contributed by atoms with Gasteiger partial charge in [0.25, 0.3) is 0 Å². The summed E-state index contributed by atoms with van der Waals surface area (Å²) < 4.78 is 0. The Morgan fingerprint density at radius 3 is 2.71 bits per heavy atom. The van der Waals surface area contributed by atoms with E-state index in [9.17, 15) is 0 Å². The van der Waals surface area contributed by atoms with Crippen LogP contribution in [0.25, 0.3) is 0 Å². The number of hydrogen-bond donors (Lipinski definition) is 1. The maximum absolute atomic E-state index is 3.70. The summed E-state index contributed by atoms with van der Waals surface area (Å²) >= 11 is 0. The second-order valence-electron chi connectivity index (χ2n) is 6.03. The molecule has 0 aromatic carbocycles. The van der Waals surface area contributed by atoms with E-state index in [-0.39, 0.29) is 0 Å². The summed E-state index contributed by atoms with van der Waals surface area (Å²) in [6.07, 6.45) is 11.4. The molecule has 2 rings (SSSR count). The lowest BCUT2D eigenvalue weighted by atomic mass is 10.0. The quantitative estimate of drug-likeness (QED) is 0.792. The first-order chi connectivity index (χ1) is 8.38. The fourth-order valence-electron chi connectivity index (χ4n) is 3.49.